The zero-order chi connectivity index (χ0) is 21.5. The van der Waals surface area contributed by atoms with Crippen molar-refractivity contribution in [3.05, 3.63) is 102 Å². The summed E-state index contributed by atoms with van der Waals surface area (Å²) in [7, 11) is 0. The third kappa shape index (κ3) is 7.21. The van der Waals surface area contributed by atoms with Crippen molar-refractivity contribution in [3.63, 3.8) is 0 Å². The van der Waals surface area contributed by atoms with Gasteiger partial charge in [-0.25, -0.2) is 8.78 Å². The van der Waals surface area contributed by atoms with E-state index >= 15 is 0 Å². The molecule has 0 unspecified atom stereocenters. The number of hydrogen-bond acceptors (Lipinski definition) is 4. The molecule has 4 nitrogen and oxygen atoms in total. The first kappa shape index (κ1) is 24.6. The molecule has 2 atom stereocenters. The maximum absolute atomic E-state index is 13.2. The molecule has 0 aliphatic carbocycles. The molecule has 0 amide bonds. The van der Waals surface area contributed by atoms with Gasteiger partial charge in [0.15, 0.2) is 0 Å². The number of carboxylic acids is 1. The number of anilines is 1. The summed E-state index contributed by atoms with van der Waals surface area (Å²) in [5, 5.41) is 24.7. The number of carboxylic acid groups (broad SMARTS) is 1. The molecule has 3 aromatic rings. The van der Waals surface area contributed by atoms with Crippen molar-refractivity contribution in [1.82, 2.24) is 0 Å². The fourth-order valence-corrected chi connectivity index (χ4v) is 3.12. The SMILES string of the molecule is O=C([O-])[C@H](C/C=C\c1ccc(F)cc1)[C@H](Nc1ccc(F)cc1)c1ccc(O)cc1.[Na+]. The van der Waals surface area contributed by atoms with Gasteiger partial charge in [0, 0.05) is 17.6 Å². The number of halogens is 2. The van der Waals surface area contributed by atoms with Crippen molar-refractivity contribution in [1.29, 1.82) is 0 Å². The van der Waals surface area contributed by atoms with Crippen LogP contribution in [0, 0.1) is 17.6 Å². The molecule has 0 aromatic heterocycles. The molecule has 0 spiro atoms. The normalized spacial score (nSPS) is 12.7. The van der Waals surface area contributed by atoms with Gasteiger partial charge < -0.3 is 20.3 Å². The van der Waals surface area contributed by atoms with Gasteiger partial charge in [0.2, 0.25) is 0 Å². The van der Waals surface area contributed by atoms with E-state index in [9.17, 15) is 23.8 Å². The number of aliphatic carboxylic acids is 1. The van der Waals surface area contributed by atoms with Crippen LogP contribution in [-0.2, 0) is 4.79 Å². The molecule has 0 fully saturated rings. The number of nitrogens with one attached hydrogen (secondary N) is 1. The van der Waals surface area contributed by atoms with Gasteiger partial charge >= 0.3 is 29.6 Å². The van der Waals surface area contributed by atoms with E-state index in [4.69, 9.17) is 0 Å². The number of phenolic OH excluding ortho intramolecular Hbond substituents is 1. The largest absolute Gasteiger partial charge is 1.00 e. The standard InChI is InChI=1S/C24H21F2NO3.Na/c25-18-8-4-16(5-9-18)2-1-3-22(24(29)30)23(17-6-14-21(28)15-7-17)27-20-12-10-19(26)11-13-20;/h1-2,4-15,22-23,27-28H,3H2,(H,29,30);/q;+1/p-1/b2-1-;/t22-,23-;/m1./s1. The van der Waals surface area contributed by atoms with Gasteiger partial charge in [-0.3, -0.25) is 0 Å². The molecule has 31 heavy (non-hydrogen) atoms. The smallest absolute Gasteiger partial charge is 0.550 e. The zero-order valence-electron chi connectivity index (χ0n) is 17.0. The van der Waals surface area contributed by atoms with Crippen LogP contribution in [0.2, 0.25) is 0 Å². The molecule has 2 N–H and O–H groups in total. The number of benzene rings is 3. The number of carbonyl (C=O) groups excluding carboxylic acids is 1. The minimum Gasteiger partial charge on any atom is -0.550 e. The predicted octanol–water partition coefficient (Wildman–Crippen LogP) is 1.30. The van der Waals surface area contributed by atoms with Crippen LogP contribution in [0.5, 0.6) is 5.75 Å². The summed E-state index contributed by atoms with van der Waals surface area (Å²) in [5.41, 5.74) is 1.91. The number of phenols is 1. The van der Waals surface area contributed by atoms with E-state index in [1.807, 2.05) is 0 Å². The van der Waals surface area contributed by atoms with Crippen molar-refractivity contribution >= 4 is 17.7 Å². The van der Waals surface area contributed by atoms with Crippen LogP contribution in [-0.4, -0.2) is 11.1 Å². The average molecular weight is 431 g/mol. The maximum atomic E-state index is 13.2. The van der Waals surface area contributed by atoms with Crippen LogP contribution in [0.15, 0.2) is 78.9 Å². The summed E-state index contributed by atoms with van der Waals surface area (Å²) in [6.45, 7) is 0. The van der Waals surface area contributed by atoms with E-state index in [0.717, 1.165) is 5.56 Å². The van der Waals surface area contributed by atoms with Crippen molar-refractivity contribution in [2.24, 2.45) is 5.92 Å². The molecule has 0 saturated carbocycles. The topological polar surface area (TPSA) is 72.4 Å². The fourth-order valence-electron chi connectivity index (χ4n) is 3.12. The Labute approximate surface area is 201 Å². The van der Waals surface area contributed by atoms with Gasteiger partial charge in [0.1, 0.15) is 17.4 Å². The number of rotatable bonds is 8. The summed E-state index contributed by atoms with van der Waals surface area (Å²) < 4.78 is 26.3. The minimum absolute atomic E-state index is 0. The Morgan fingerprint density at radius 1 is 0.935 bits per heavy atom. The van der Waals surface area contributed by atoms with Crippen molar-refractivity contribution in [2.75, 3.05) is 5.32 Å². The van der Waals surface area contributed by atoms with E-state index in [1.54, 1.807) is 36.4 Å². The van der Waals surface area contributed by atoms with E-state index in [0.29, 0.717) is 11.3 Å². The first-order valence-electron chi connectivity index (χ1n) is 9.36. The Hall–Kier alpha value is -2.67. The zero-order valence-corrected chi connectivity index (χ0v) is 19.0. The van der Waals surface area contributed by atoms with Crippen LogP contribution in [0.4, 0.5) is 14.5 Å². The van der Waals surface area contributed by atoms with Gasteiger partial charge in [-0.2, -0.15) is 0 Å². The van der Waals surface area contributed by atoms with Gasteiger partial charge in [-0.15, -0.1) is 0 Å². The Balaban J connectivity index is 0.00000341. The van der Waals surface area contributed by atoms with Crippen LogP contribution in [0.1, 0.15) is 23.6 Å². The number of aromatic hydroxyl groups is 1. The molecule has 0 bridgehead atoms. The molecular formula is C24H20F2NNaO3. The van der Waals surface area contributed by atoms with Gasteiger partial charge in [0.05, 0.1) is 6.04 Å². The third-order valence-electron chi connectivity index (χ3n) is 4.69. The number of hydrogen-bond donors (Lipinski definition) is 2. The molecule has 0 saturated heterocycles. The summed E-state index contributed by atoms with van der Waals surface area (Å²) in [6.07, 6.45) is 3.54. The minimum atomic E-state index is -1.26. The Bertz CT molecular complexity index is 1010. The summed E-state index contributed by atoms with van der Waals surface area (Å²) in [5.74, 6) is -2.92. The fraction of sp³-hybridized carbons (Fsp3) is 0.125. The average Bonchev–Trinajstić information content (AvgIpc) is 2.73. The second-order valence-corrected chi connectivity index (χ2v) is 6.84. The molecule has 7 heteroatoms. The molecule has 3 rings (SSSR count). The van der Waals surface area contributed by atoms with E-state index in [2.05, 4.69) is 5.32 Å². The van der Waals surface area contributed by atoms with Crippen LogP contribution >= 0.6 is 0 Å². The second kappa shape index (κ2) is 11.6. The molecule has 154 valence electrons. The van der Waals surface area contributed by atoms with Gasteiger partial charge in [0.25, 0.3) is 0 Å². The van der Waals surface area contributed by atoms with Crippen molar-refractivity contribution < 1.29 is 53.3 Å². The molecule has 0 heterocycles. The summed E-state index contributed by atoms with van der Waals surface area (Å²) in [4.78, 5) is 12.0. The van der Waals surface area contributed by atoms with Gasteiger partial charge in [-0.05, 0) is 66.1 Å². The first-order chi connectivity index (χ1) is 14.4. The molecule has 0 radical (unpaired) electrons. The number of carbonyl (C=O) groups is 1. The van der Waals surface area contributed by atoms with E-state index < -0.39 is 23.7 Å². The predicted molar refractivity (Wildman–Crippen MR) is 109 cm³/mol. The van der Waals surface area contributed by atoms with Gasteiger partial charge in [-0.1, -0.05) is 36.4 Å². The van der Waals surface area contributed by atoms with Crippen molar-refractivity contribution in [3.8, 4) is 5.75 Å². The Morgan fingerprint density at radius 2 is 1.48 bits per heavy atom. The third-order valence-corrected chi connectivity index (χ3v) is 4.69. The molecular weight excluding hydrogens is 411 g/mol. The maximum Gasteiger partial charge on any atom is 1.00 e. The first-order valence-corrected chi connectivity index (χ1v) is 9.36. The van der Waals surface area contributed by atoms with E-state index in [1.165, 1.54) is 48.5 Å². The Kier molecular flexibility index (Phi) is 9.24. The van der Waals surface area contributed by atoms with Crippen LogP contribution in [0.3, 0.4) is 0 Å². The molecule has 0 aliphatic rings. The monoisotopic (exact) mass is 431 g/mol. The molecule has 3 aromatic carbocycles. The second-order valence-electron chi connectivity index (χ2n) is 6.84. The van der Waals surface area contributed by atoms with Crippen molar-refractivity contribution in [2.45, 2.75) is 12.5 Å². The summed E-state index contributed by atoms with van der Waals surface area (Å²) >= 11 is 0. The Morgan fingerprint density at radius 3 is 2.03 bits per heavy atom. The van der Waals surface area contributed by atoms with Crippen LogP contribution in [0.25, 0.3) is 6.08 Å². The van der Waals surface area contributed by atoms with E-state index in [-0.39, 0.29) is 47.5 Å². The quantitative estimate of drug-likeness (QED) is 0.528. The number of allylic oxidation sites excluding steroid dienone is 1. The summed E-state index contributed by atoms with van der Waals surface area (Å²) in [6, 6.07) is 16.9. The molecule has 0 aliphatic heterocycles. The van der Waals surface area contributed by atoms with Crippen LogP contribution < -0.4 is 40.0 Å².